The van der Waals surface area contributed by atoms with E-state index in [4.69, 9.17) is 4.42 Å². The van der Waals surface area contributed by atoms with E-state index >= 15 is 0 Å². The average Bonchev–Trinajstić information content (AvgIpc) is 2.95. The lowest BCUT2D eigenvalue weighted by Crippen LogP contribution is -2.45. The summed E-state index contributed by atoms with van der Waals surface area (Å²) in [5.41, 5.74) is 1.26. The van der Waals surface area contributed by atoms with Crippen molar-refractivity contribution in [3.63, 3.8) is 0 Å². The molecular formula is C17H22N4O. The molecule has 0 saturated carbocycles. The quantitative estimate of drug-likeness (QED) is 0.847. The lowest BCUT2D eigenvalue weighted by molar-refractivity contribution is 0.128. The summed E-state index contributed by atoms with van der Waals surface area (Å²) in [5.74, 6) is 1.36. The van der Waals surface area contributed by atoms with Gasteiger partial charge in [0.05, 0.1) is 6.54 Å². The van der Waals surface area contributed by atoms with Crippen LogP contribution in [0.3, 0.4) is 0 Å². The second-order valence-corrected chi connectivity index (χ2v) is 5.60. The zero-order valence-corrected chi connectivity index (χ0v) is 13.0. The number of benzene rings is 1. The molecule has 2 aromatic rings. The van der Waals surface area contributed by atoms with E-state index in [0.29, 0.717) is 5.89 Å². The Labute approximate surface area is 131 Å². The molecule has 3 rings (SSSR count). The number of hydrogen-bond donors (Lipinski definition) is 0. The first kappa shape index (κ1) is 14.9. The van der Waals surface area contributed by atoms with E-state index in [1.54, 1.807) is 0 Å². The number of aromatic nitrogens is 2. The van der Waals surface area contributed by atoms with E-state index in [-0.39, 0.29) is 0 Å². The molecule has 0 bridgehead atoms. The predicted octanol–water partition coefficient (Wildman–Crippen LogP) is 2.21. The summed E-state index contributed by atoms with van der Waals surface area (Å²) in [6.07, 6.45) is 4.43. The Morgan fingerprint density at radius 3 is 2.45 bits per heavy atom. The van der Waals surface area contributed by atoms with Crippen molar-refractivity contribution in [3.8, 4) is 0 Å². The van der Waals surface area contributed by atoms with E-state index in [2.05, 4.69) is 56.4 Å². The van der Waals surface area contributed by atoms with Gasteiger partial charge in [-0.15, -0.1) is 10.2 Å². The van der Waals surface area contributed by atoms with Gasteiger partial charge in [0.15, 0.2) is 0 Å². The normalized spacial score (nSPS) is 17.3. The minimum atomic E-state index is 0.639. The molecule has 1 fully saturated rings. The third-order valence-electron chi connectivity index (χ3n) is 3.87. The highest BCUT2D eigenvalue weighted by Crippen LogP contribution is 2.08. The third kappa shape index (κ3) is 4.26. The van der Waals surface area contributed by atoms with Crippen molar-refractivity contribution in [2.75, 3.05) is 32.7 Å². The van der Waals surface area contributed by atoms with Gasteiger partial charge < -0.3 is 4.42 Å². The molecule has 1 saturated heterocycles. The molecule has 0 atom stereocenters. The molecule has 0 amide bonds. The van der Waals surface area contributed by atoms with E-state index in [1.807, 2.05) is 13.0 Å². The zero-order chi connectivity index (χ0) is 15.2. The second-order valence-electron chi connectivity index (χ2n) is 5.60. The van der Waals surface area contributed by atoms with Crippen LogP contribution in [0.5, 0.6) is 0 Å². The van der Waals surface area contributed by atoms with Crippen LogP contribution in [0.25, 0.3) is 6.08 Å². The minimum Gasteiger partial charge on any atom is -0.424 e. The molecule has 1 aliphatic rings. The van der Waals surface area contributed by atoms with Crippen LogP contribution < -0.4 is 0 Å². The van der Waals surface area contributed by atoms with Crippen LogP contribution in [0.4, 0.5) is 0 Å². The van der Waals surface area contributed by atoms with Crippen LogP contribution in [-0.4, -0.2) is 52.7 Å². The molecule has 2 heterocycles. The summed E-state index contributed by atoms with van der Waals surface area (Å²) in [6, 6.07) is 10.4. The Kier molecular flexibility index (Phi) is 4.98. The van der Waals surface area contributed by atoms with Crippen LogP contribution in [0.1, 0.15) is 17.3 Å². The molecular weight excluding hydrogens is 276 g/mol. The fraction of sp³-hybridized carbons (Fsp3) is 0.412. The summed E-state index contributed by atoms with van der Waals surface area (Å²) in [6.45, 7) is 7.82. The maximum absolute atomic E-state index is 5.44. The summed E-state index contributed by atoms with van der Waals surface area (Å²) in [4.78, 5) is 4.83. The first-order valence-corrected chi connectivity index (χ1v) is 7.75. The standard InChI is InChI=1S/C17H22N4O/c1-15-18-19-17(22-15)14-21-12-10-20(11-13-21)9-5-8-16-6-3-2-4-7-16/h2-8H,9-14H2,1H3/b8-5+. The molecule has 0 radical (unpaired) electrons. The third-order valence-corrected chi connectivity index (χ3v) is 3.87. The summed E-state index contributed by atoms with van der Waals surface area (Å²) in [5, 5.41) is 7.93. The van der Waals surface area contributed by atoms with Crippen molar-refractivity contribution in [2.45, 2.75) is 13.5 Å². The number of piperazine rings is 1. The molecule has 5 nitrogen and oxygen atoms in total. The van der Waals surface area contributed by atoms with Gasteiger partial charge in [-0.3, -0.25) is 9.80 Å². The lowest BCUT2D eigenvalue weighted by Gasteiger charge is -2.33. The Balaban J connectivity index is 1.41. The van der Waals surface area contributed by atoms with Crippen molar-refractivity contribution >= 4 is 6.08 Å². The van der Waals surface area contributed by atoms with Gasteiger partial charge in [0, 0.05) is 39.6 Å². The first-order valence-electron chi connectivity index (χ1n) is 7.75. The highest BCUT2D eigenvalue weighted by Gasteiger charge is 2.17. The molecule has 0 aliphatic carbocycles. The highest BCUT2D eigenvalue weighted by molar-refractivity contribution is 5.48. The van der Waals surface area contributed by atoms with Crippen molar-refractivity contribution in [2.24, 2.45) is 0 Å². The second kappa shape index (κ2) is 7.33. The van der Waals surface area contributed by atoms with E-state index in [0.717, 1.165) is 45.2 Å². The Hall–Kier alpha value is -1.98. The first-order chi connectivity index (χ1) is 10.8. The fourth-order valence-electron chi connectivity index (χ4n) is 2.62. The fourth-order valence-corrected chi connectivity index (χ4v) is 2.62. The topological polar surface area (TPSA) is 45.4 Å². The van der Waals surface area contributed by atoms with Gasteiger partial charge in [-0.05, 0) is 5.56 Å². The smallest absolute Gasteiger partial charge is 0.230 e. The van der Waals surface area contributed by atoms with Gasteiger partial charge in [0.2, 0.25) is 11.8 Å². The molecule has 0 spiro atoms. The maximum atomic E-state index is 5.44. The molecule has 5 heteroatoms. The van der Waals surface area contributed by atoms with E-state index < -0.39 is 0 Å². The molecule has 0 unspecified atom stereocenters. The van der Waals surface area contributed by atoms with E-state index in [1.165, 1.54) is 5.56 Å². The SMILES string of the molecule is Cc1nnc(CN2CCN(C/C=C/c3ccccc3)CC2)o1. The molecule has 1 aromatic heterocycles. The van der Waals surface area contributed by atoms with Gasteiger partial charge in [-0.25, -0.2) is 0 Å². The summed E-state index contributed by atoms with van der Waals surface area (Å²) < 4.78 is 5.44. The van der Waals surface area contributed by atoms with Crippen LogP contribution >= 0.6 is 0 Å². The minimum absolute atomic E-state index is 0.639. The average molecular weight is 298 g/mol. The lowest BCUT2D eigenvalue weighted by atomic mass is 10.2. The van der Waals surface area contributed by atoms with Crippen molar-refractivity contribution in [3.05, 3.63) is 53.8 Å². The van der Waals surface area contributed by atoms with E-state index in [9.17, 15) is 0 Å². The number of nitrogens with zero attached hydrogens (tertiary/aromatic N) is 4. The van der Waals surface area contributed by atoms with Gasteiger partial charge >= 0.3 is 0 Å². The van der Waals surface area contributed by atoms with Crippen LogP contribution in [0, 0.1) is 6.92 Å². The Morgan fingerprint density at radius 2 is 1.77 bits per heavy atom. The summed E-state index contributed by atoms with van der Waals surface area (Å²) >= 11 is 0. The van der Waals surface area contributed by atoms with Crippen LogP contribution in [0.15, 0.2) is 40.8 Å². The number of hydrogen-bond acceptors (Lipinski definition) is 5. The largest absolute Gasteiger partial charge is 0.424 e. The monoisotopic (exact) mass is 298 g/mol. The highest BCUT2D eigenvalue weighted by atomic mass is 16.4. The number of rotatable bonds is 5. The van der Waals surface area contributed by atoms with Gasteiger partial charge in [-0.2, -0.15) is 0 Å². The van der Waals surface area contributed by atoms with Crippen molar-refractivity contribution in [1.82, 2.24) is 20.0 Å². The predicted molar refractivity (Wildman–Crippen MR) is 86.2 cm³/mol. The maximum Gasteiger partial charge on any atom is 0.230 e. The van der Waals surface area contributed by atoms with Gasteiger partial charge in [0.25, 0.3) is 0 Å². The molecule has 116 valence electrons. The molecule has 1 aliphatic heterocycles. The Bertz CT molecular complexity index is 600. The molecule has 0 N–H and O–H groups in total. The molecule has 1 aromatic carbocycles. The van der Waals surface area contributed by atoms with Crippen molar-refractivity contribution in [1.29, 1.82) is 0 Å². The van der Waals surface area contributed by atoms with Crippen LogP contribution in [-0.2, 0) is 6.54 Å². The molecule has 22 heavy (non-hydrogen) atoms. The summed E-state index contributed by atoms with van der Waals surface area (Å²) in [7, 11) is 0. The van der Waals surface area contributed by atoms with Crippen molar-refractivity contribution < 1.29 is 4.42 Å². The van der Waals surface area contributed by atoms with Gasteiger partial charge in [-0.1, -0.05) is 42.5 Å². The zero-order valence-electron chi connectivity index (χ0n) is 13.0. The number of aryl methyl sites for hydroxylation is 1. The Morgan fingerprint density at radius 1 is 1.05 bits per heavy atom. The van der Waals surface area contributed by atoms with Gasteiger partial charge in [0.1, 0.15) is 0 Å². The van der Waals surface area contributed by atoms with Crippen LogP contribution in [0.2, 0.25) is 0 Å².